The lowest BCUT2D eigenvalue weighted by atomic mass is 10.0. The number of hydrogen-bond donors (Lipinski definition) is 1. The second-order valence-electron chi connectivity index (χ2n) is 4.79. The van der Waals surface area contributed by atoms with Crippen LogP contribution in [0.2, 0.25) is 0 Å². The zero-order valence-electron chi connectivity index (χ0n) is 10.3. The van der Waals surface area contributed by atoms with E-state index in [4.69, 9.17) is 0 Å². The Morgan fingerprint density at radius 3 is 2.63 bits per heavy atom. The molecule has 3 aromatic rings. The Kier molecular flexibility index (Phi) is 2.24. The Bertz CT molecular complexity index is 667. The summed E-state index contributed by atoms with van der Waals surface area (Å²) >= 11 is 0. The van der Waals surface area contributed by atoms with Crippen LogP contribution >= 0.6 is 0 Å². The number of nitrogens with zero attached hydrogens (tertiary/aromatic N) is 4. The van der Waals surface area contributed by atoms with E-state index in [1.165, 1.54) is 0 Å². The number of aromatic amines is 1. The summed E-state index contributed by atoms with van der Waals surface area (Å²) in [5.41, 5.74) is 2.14. The van der Waals surface area contributed by atoms with E-state index < -0.39 is 0 Å². The number of nitrogens with one attached hydrogen (secondary N) is 1. The third-order valence-electron chi connectivity index (χ3n) is 3.51. The van der Waals surface area contributed by atoms with Crippen molar-refractivity contribution in [2.75, 3.05) is 18.0 Å². The van der Waals surface area contributed by atoms with Crippen molar-refractivity contribution >= 4 is 17.0 Å². The van der Waals surface area contributed by atoms with Crippen molar-refractivity contribution in [3.8, 4) is 0 Å². The van der Waals surface area contributed by atoms with Gasteiger partial charge in [0.15, 0.2) is 0 Å². The number of aromatic nitrogens is 4. The molecule has 3 heterocycles. The topological polar surface area (TPSA) is 57.7 Å². The molecule has 1 fully saturated rings. The van der Waals surface area contributed by atoms with Crippen LogP contribution in [-0.2, 0) is 0 Å². The maximum absolute atomic E-state index is 4.64. The van der Waals surface area contributed by atoms with Crippen molar-refractivity contribution in [1.82, 2.24) is 19.9 Å². The van der Waals surface area contributed by atoms with Crippen LogP contribution in [0.1, 0.15) is 11.7 Å². The molecule has 1 N–H and O–H groups in total. The maximum Gasteiger partial charge on any atom is 0.225 e. The first-order valence-corrected chi connectivity index (χ1v) is 6.37. The van der Waals surface area contributed by atoms with Crippen molar-refractivity contribution in [1.29, 1.82) is 0 Å². The van der Waals surface area contributed by atoms with Gasteiger partial charge in [-0.15, -0.1) is 0 Å². The second-order valence-corrected chi connectivity index (χ2v) is 4.79. The van der Waals surface area contributed by atoms with Crippen molar-refractivity contribution in [2.45, 2.75) is 5.92 Å². The molecule has 0 spiro atoms. The fraction of sp³-hybridized carbons (Fsp3) is 0.214. The van der Waals surface area contributed by atoms with Crippen molar-refractivity contribution < 1.29 is 0 Å². The molecule has 0 radical (unpaired) electrons. The Balaban J connectivity index is 1.54. The van der Waals surface area contributed by atoms with Crippen molar-refractivity contribution in [2.24, 2.45) is 0 Å². The molecule has 0 saturated carbocycles. The van der Waals surface area contributed by atoms with Crippen LogP contribution in [0.3, 0.4) is 0 Å². The van der Waals surface area contributed by atoms with Gasteiger partial charge < -0.3 is 9.88 Å². The van der Waals surface area contributed by atoms with Gasteiger partial charge in [-0.25, -0.2) is 15.0 Å². The predicted molar refractivity (Wildman–Crippen MR) is 73.1 cm³/mol. The lowest BCUT2D eigenvalue weighted by molar-refractivity contribution is 0.495. The van der Waals surface area contributed by atoms with Gasteiger partial charge in [-0.2, -0.15) is 0 Å². The average molecular weight is 251 g/mol. The van der Waals surface area contributed by atoms with E-state index in [0.29, 0.717) is 5.92 Å². The third kappa shape index (κ3) is 1.74. The molecule has 0 unspecified atom stereocenters. The summed E-state index contributed by atoms with van der Waals surface area (Å²) in [5, 5.41) is 0. The van der Waals surface area contributed by atoms with Crippen molar-refractivity contribution in [3.63, 3.8) is 0 Å². The molecule has 19 heavy (non-hydrogen) atoms. The number of rotatable bonds is 2. The predicted octanol–water partition coefficient (Wildman–Crippen LogP) is 1.96. The smallest absolute Gasteiger partial charge is 0.225 e. The molecule has 1 aromatic carbocycles. The Morgan fingerprint density at radius 2 is 1.84 bits per heavy atom. The molecule has 1 aliphatic heterocycles. The summed E-state index contributed by atoms with van der Waals surface area (Å²) in [6.07, 6.45) is 3.55. The fourth-order valence-corrected chi connectivity index (χ4v) is 2.44. The normalized spacial score (nSPS) is 15.7. The highest BCUT2D eigenvalue weighted by atomic mass is 15.3. The zero-order chi connectivity index (χ0) is 12.7. The maximum atomic E-state index is 4.64. The molecule has 1 saturated heterocycles. The third-order valence-corrected chi connectivity index (χ3v) is 3.51. The minimum absolute atomic E-state index is 0.441. The SMILES string of the molecule is c1cnc(N2CC(c3nc4ccccc4[nH]3)C2)nc1. The summed E-state index contributed by atoms with van der Waals surface area (Å²) < 4.78 is 0. The molecule has 1 aliphatic rings. The van der Waals surface area contributed by atoms with E-state index in [-0.39, 0.29) is 0 Å². The van der Waals surface area contributed by atoms with Crippen LogP contribution in [0.15, 0.2) is 42.7 Å². The standard InChI is InChI=1S/C14H13N5/c1-2-5-12-11(4-1)17-13(18-12)10-8-19(9-10)14-15-6-3-7-16-14/h1-7,10H,8-9H2,(H,17,18). The molecule has 0 bridgehead atoms. The average Bonchev–Trinajstić information content (AvgIpc) is 2.81. The van der Waals surface area contributed by atoms with Crippen LogP contribution < -0.4 is 4.90 Å². The Labute approximate surface area is 110 Å². The highest BCUT2D eigenvalue weighted by molar-refractivity contribution is 5.75. The van der Waals surface area contributed by atoms with Gasteiger partial charge in [-0.3, -0.25) is 0 Å². The zero-order valence-corrected chi connectivity index (χ0v) is 10.3. The number of fused-ring (bicyclic) bond motifs is 1. The number of para-hydroxylation sites is 2. The molecule has 4 rings (SSSR count). The van der Waals surface area contributed by atoms with Crippen LogP contribution in [0.4, 0.5) is 5.95 Å². The van der Waals surface area contributed by atoms with E-state index in [0.717, 1.165) is 35.9 Å². The first-order valence-electron chi connectivity index (χ1n) is 6.37. The Morgan fingerprint density at radius 1 is 1.05 bits per heavy atom. The molecule has 94 valence electrons. The van der Waals surface area contributed by atoms with Crippen LogP contribution in [0.25, 0.3) is 11.0 Å². The summed E-state index contributed by atoms with van der Waals surface area (Å²) in [5.74, 6) is 2.31. The number of anilines is 1. The van der Waals surface area contributed by atoms with Gasteiger partial charge >= 0.3 is 0 Å². The molecule has 0 atom stereocenters. The van der Waals surface area contributed by atoms with E-state index in [9.17, 15) is 0 Å². The van der Waals surface area contributed by atoms with Gasteiger partial charge in [0, 0.05) is 25.5 Å². The minimum Gasteiger partial charge on any atom is -0.342 e. The van der Waals surface area contributed by atoms with Gasteiger partial charge in [0.1, 0.15) is 5.82 Å². The van der Waals surface area contributed by atoms with Crippen LogP contribution in [0.5, 0.6) is 0 Å². The van der Waals surface area contributed by atoms with E-state index >= 15 is 0 Å². The van der Waals surface area contributed by atoms with Gasteiger partial charge in [-0.1, -0.05) is 12.1 Å². The second kappa shape index (κ2) is 4.05. The fourth-order valence-electron chi connectivity index (χ4n) is 2.44. The van der Waals surface area contributed by atoms with Gasteiger partial charge in [0.2, 0.25) is 5.95 Å². The van der Waals surface area contributed by atoms with Crippen LogP contribution in [0, 0.1) is 0 Å². The molecule has 0 aliphatic carbocycles. The van der Waals surface area contributed by atoms with Gasteiger partial charge in [0.05, 0.1) is 17.0 Å². The number of benzene rings is 1. The monoisotopic (exact) mass is 251 g/mol. The Hall–Kier alpha value is -2.43. The van der Waals surface area contributed by atoms with Crippen LogP contribution in [-0.4, -0.2) is 33.0 Å². The molecule has 2 aromatic heterocycles. The summed E-state index contributed by atoms with van der Waals surface area (Å²) in [4.78, 5) is 18.7. The molecular formula is C14H13N5. The highest BCUT2D eigenvalue weighted by Crippen LogP contribution is 2.28. The largest absolute Gasteiger partial charge is 0.342 e. The number of hydrogen-bond acceptors (Lipinski definition) is 4. The number of imidazole rings is 1. The van der Waals surface area contributed by atoms with Crippen molar-refractivity contribution in [3.05, 3.63) is 48.5 Å². The van der Waals surface area contributed by atoms with Gasteiger partial charge in [-0.05, 0) is 18.2 Å². The van der Waals surface area contributed by atoms with E-state index in [1.54, 1.807) is 12.4 Å². The highest BCUT2D eigenvalue weighted by Gasteiger charge is 2.31. The first-order chi connectivity index (χ1) is 9.40. The van der Waals surface area contributed by atoms with E-state index in [2.05, 4.69) is 30.9 Å². The quantitative estimate of drug-likeness (QED) is 0.756. The molecular weight excluding hydrogens is 238 g/mol. The summed E-state index contributed by atoms with van der Waals surface area (Å²) in [6, 6.07) is 9.96. The number of H-pyrrole nitrogens is 1. The van der Waals surface area contributed by atoms with Gasteiger partial charge in [0.25, 0.3) is 0 Å². The summed E-state index contributed by atoms with van der Waals surface area (Å²) in [6.45, 7) is 1.84. The summed E-state index contributed by atoms with van der Waals surface area (Å²) in [7, 11) is 0. The lowest BCUT2D eigenvalue weighted by Crippen LogP contribution is -2.46. The lowest BCUT2D eigenvalue weighted by Gasteiger charge is -2.37. The molecule has 5 nitrogen and oxygen atoms in total. The molecule has 0 amide bonds. The minimum atomic E-state index is 0.441. The van der Waals surface area contributed by atoms with E-state index in [1.807, 2.05) is 24.3 Å². The first kappa shape index (κ1) is 10.5. The molecule has 5 heteroatoms.